The van der Waals surface area contributed by atoms with E-state index in [9.17, 15) is 9.59 Å². The normalized spacial score (nSPS) is 16.1. The highest BCUT2D eigenvalue weighted by atomic mass is 35.5. The number of para-hydroxylation sites is 1. The van der Waals surface area contributed by atoms with Crippen molar-refractivity contribution in [2.45, 2.75) is 13.8 Å². The lowest BCUT2D eigenvalue weighted by Gasteiger charge is -2.11. The molecule has 106 valence electrons. The summed E-state index contributed by atoms with van der Waals surface area (Å²) in [5.74, 6) is -0.219. The molecule has 3 rings (SSSR count). The summed E-state index contributed by atoms with van der Waals surface area (Å²) < 4.78 is 4.98. The lowest BCUT2D eigenvalue weighted by atomic mass is 10.1. The van der Waals surface area contributed by atoms with Crippen LogP contribution in [-0.4, -0.2) is 17.0 Å². The Labute approximate surface area is 125 Å². The summed E-state index contributed by atoms with van der Waals surface area (Å²) in [6.45, 7) is 3.07. The molecule has 6 heteroatoms. The van der Waals surface area contributed by atoms with Crippen LogP contribution in [0.2, 0.25) is 0 Å². The number of amides is 2. The number of benzene rings is 1. The van der Waals surface area contributed by atoms with Gasteiger partial charge in [-0.25, -0.2) is 4.90 Å². The molecule has 0 bridgehead atoms. The van der Waals surface area contributed by atoms with Crippen molar-refractivity contribution in [2.24, 2.45) is 0 Å². The first-order valence-electron chi connectivity index (χ1n) is 6.28. The Balaban J connectivity index is 2.24. The molecule has 1 aromatic heterocycles. The van der Waals surface area contributed by atoms with Crippen molar-refractivity contribution in [3.05, 3.63) is 47.3 Å². The van der Waals surface area contributed by atoms with Crippen LogP contribution < -0.4 is 4.90 Å². The molecule has 21 heavy (non-hydrogen) atoms. The number of hydrogen-bond acceptors (Lipinski definition) is 4. The summed E-state index contributed by atoms with van der Waals surface area (Å²) in [6, 6.07) is 8.65. The zero-order chi connectivity index (χ0) is 15.1. The number of imide groups is 1. The first-order valence-corrected chi connectivity index (χ1v) is 6.66. The average molecular weight is 303 g/mol. The Bertz CT molecular complexity index is 792. The molecule has 0 radical (unpaired) electrons. The predicted molar refractivity (Wildman–Crippen MR) is 78.5 cm³/mol. The van der Waals surface area contributed by atoms with Gasteiger partial charge in [0.2, 0.25) is 5.91 Å². The van der Waals surface area contributed by atoms with Gasteiger partial charge in [-0.3, -0.25) is 9.59 Å². The number of anilines is 1. The monoisotopic (exact) mass is 302 g/mol. The van der Waals surface area contributed by atoms with Crippen LogP contribution in [0.3, 0.4) is 0 Å². The third kappa shape index (κ3) is 2.06. The Morgan fingerprint density at radius 3 is 2.67 bits per heavy atom. The molecule has 0 spiro atoms. The van der Waals surface area contributed by atoms with Crippen molar-refractivity contribution in [1.29, 1.82) is 0 Å². The van der Waals surface area contributed by atoms with Gasteiger partial charge in [-0.05, 0) is 13.0 Å². The third-order valence-electron chi connectivity index (χ3n) is 3.22. The molecule has 1 aliphatic rings. The molecule has 1 aromatic carbocycles. The molecule has 0 saturated carbocycles. The topological polar surface area (TPSA) is 63.4 Å². The van der Waals surface area contributed by atoms with Crippen LogP contribution in [-0.2, 0) is 9.59 Å². The van der Waals surface area contributed by atoms with Gasteiger partial charge < -0.3 is 4.52 Å². The largest absolute Gasteiger partial charge is 0.361 e. The predicted octanol–water partition coefficient (Wildman–Crippen LogP) is 2.98. The Morgan fingerprint density at radius 1 is 1.33 bits per heavy atom. The molecular weight excluding hydrogens is 292 g/mol. The first-order chi connectivity index (χ1) is 10.0. The second-order valence-electron chi connectivity index (χ2n) is 4.69. The van der Waals surface area contributed by atoms with E-state index in [0.717, 1.165) is 4.90 Å². The van der Waals surface area contributed by atoms with Crippen LogP contribution in [0.1, 0.15) is 23.9 Å². The van der Waals surface area contributed by atoms with E-state index < -0.39 is 5.91 Å². The van der Waals surface area contributed by atoms with Gasteiger partial charge in [-0.2, -0.15) is 0 Å². The Kier molecular flexibility index (Phi) is 3.14. The highest BCUT2D eigenvalue weighted by Crippen LogP contribution is 2.41. The van der Waals surface area contributed by atoms with Gasteiger partial charge in [-0.15, -0.1) is 0 Å². The van der Waals surface area contributed by atoms with Gasteiger partial charge in [0.05, 0.1) is 16.3 Å². The average Bonchev–Trinajstić information content (AvgIpc) is 2.98. The van der Waals surface area contributed by atoms with E-state index >= 15 is 0 Å². The Morgan fingerprint density at radius 2 is 2.05 bits per heavy atom. The zero-order valence-corrected chi connectivity index (χ0v) is 12.1. The van der Waals surface area contributed by atoms with Gasteiger partial charge in [-0.1, -0.05) is 35.0 Å². The summed E-state index contributed by atoms with van der Waals surface area (Å²) in [4.78, 5) is 25.4. The lowest BCUT2D eigenvalue weighted by Crippen LogP contribution is -2.31. The van der Waals surface area contributed by atoms with Crippen LogP contribution in [0.5, 0.6) is 0 Å². The molecule has 0 N–H and O–H groups in total. The minimum Gasteiger partial charge on any atom is -0.361 e. The summed E-state index contributed by atoms with van der Waals surface area (Å²) in [7, 11) is 0. The second kappa shape index (κ2) is 4.86. The van der Waals surface area contributed by atoms with Crippen molar-refractivity contribution < 1.29 is 14.1 Å². The number of hydrogen-bond donors (Lipinski definition) is 0. The maximum atomic E-state index is 12.5. The fraction of sp³-hybridized carbons (Fsp3) is 0.133. The van der Waals surface area contributed by atoms with E-state index in [1.165, 1.54) is 6.92 Å². The number of nitrogens with zero attached hydrogens (tertiary/aromatic N) is 2. The molecule has 2 heterocycles. The number of rotatable bonds is 1. The molecule has 5 nitrogen and oxygen atoms in total. The van der Waals surface area contributed by atoms with Crippen molar-refractivity contribution >= 4 is 39.7 Å². The maximum Gasteiger partial charge on any atom is 0.267 e. The van der Waals surface area contributed by atoms with Crippen molar-refractivity contribution in [2.75, 3.05) is 4.90 Å². The standard InChI is InChI=1S/C15H11ClN2O3/c1-8-7-11(17-21-8)14(16)13-10-5-3-4-6-12(10)18(9(2)19)15(13)20/h3-7H,1-2H3. The van der Waals surface area contributed by atoms with Gasteiger partial charge >= 0.3 is 0 Å². The van der Waals surface area contributed by atoms with Crippen LogP contribution in [0, 0.1) is 6.92 Å². The number of halogens is 1. The maximum absolute atomic E-state index is 12.5. The Hall–Kier alpha value is -2.40. The summed E-state index contributed by atoms with van der Waals surface area (Å²) >= 11 is 6.32. The van der Waals surface area contributed by atoms with Crippen molar-refractivity contribution in [1.82, 2.24) is 5.16 Å². The summed E-state index contributed by atoms with van der Waals surface area (Å²) in [5.41, 5.74) is 1.78. The quantitative estimate of drug-likeness (QED) is 0.760. The SMILES string of the molecule is CC(=O)N1C(=O)C(=C(Cl)c2cc(C)on2)c2ccccc21. The smallest absolute Gasteiger partial charge is 0.267 e. The van der Waals surface area contributed by atoms with Crippen LogP contribution in [0.25, 0.3) is 10.6 Å². The molecule has 0 atom stereocenters. The highest BCUT2D eigenvalue weighted by molar-refractivity contribution is 6.60. The molecule has 0 fully saturated rings. The third-order valence-corrected chi connectivity index (χ3v) is 3.60. The number of aryl methyl sites for hydroxylation is 1. The number of carbonyl (C=O) groups excluding carboxylic acids is 2. The van der Waals surface area contributed by atoms with Gasteiger partial charge in [0.25, 0.3) is 5.91 Å². The van der Waals surface area contributed by atoms with E-state index in [1.54, 1.807) is 37.3 Å². The highest BCUT2D eigenvalue weighted by Gasteiger charge is 2.37. The molecule has 0 unspecified atom stereocenters. The van der Waals surface area contributed by atoms with Crippen LogP contribution in [0.4, 0.5) is 5.69 Å². The van der Waals surface area contributed by atoms with Crippen molar-refractivity contribution in [3.63, 3.8) is 0 Å². The fourth-order valence-corrected chi connectivity index (χ4v) is 2.61. The lowest BCUT2D eigenvalue weighted by molar-refractivity contribution is -0.122. The molecule has 0 aliphatic carbocycles. The van der Waals surface area contributed by atoms with Gasteiger partial charge in [0, 0.05) is 18.6 Å². The molecule has 2 aromatic rings. The zero-order valence-electron chi connectivity index (χ0n) is 11.4. The van der Waals surface area contributed by atoms with Gasteiger partial charge in [0.1, 0.15) is 11.5 Å². The summed E-state index contributed by atoms with van der Waals surface area (Å²) in [6.07, 6.45) is 0. The summed E-state index contributed by atoms with van der Waals surface area (Å²) in [5, 5.41) is 3.99. The van der Waals surface area contributed by atoms with E-state index in [2.05, 4.69) is 5.16 Å². The van der Waals surface area contributed by atoms with Crippen LogP contribution >= 0.6 is 11.6 Å². The minimum atomic E-state index is -0.450. The van der Waals surface area contributed by atoms with Crippen molar-refractivity contribution in [3.8, 4) is 0 Å². The fourth-order valence-electron chi connectivity index (χ4n) is 2.34. The van der Waals surface area contributed by atoms with Crippen LogP contribution in [0.15, 0.2) is 34.9 Å². The second-order valence-corrected chi connectivity index (χ2v) is 5.07. The first kappa shape index (κ1) is 13.6. The van der Waals surface area contributed by atoms with E-state index in [1.807, 2.05) is 0 Å². The molecule has 2 amide bonds. The minimum absolute atomic E-state index is 0.174. The molecular formula is C15H11ClN2O3. The van der Waals surface area contributed by atoms with Gasteiger partial charge in [0.15, 0.2) is 0 Å². The number of aromatic nitrogens is 1. The molecule has 0 saturated heterocycles. The number of carbonyl (C=O) groups is 2. The number of fused-ring (bicyclic) bond motifs is 1. The van der Waals surface area contributed by atoms with E-state index in [-0.39, 0.29) is 16.5 Å². The van der Waals surface area contributed by atoms with E-state index in [4.69, 9.17) is 16.1 Å². The molecule has 1 aliphatic heterocycles. The van der Waals surface area contributed by atoms with E-state index in [0.29, 0.717) is 22.7 Å².